The Labute approximate surface area is 121 Å². The van der Waals surface area contributed by atoms with Crippen LogP contribution in [0.4, 0.5) is 0 Å². The molecule has 0 atom stereocenters. The quantitative estimate of drug-likeness (QED) is 0.934. The van der Waals surface area contributed by atoms with Gasteiger partial charge in [0.2, 0.25) is 10.0 Å². The van der Waals surface area contributed by atoms with Crippen molar-refractivity contribution in [3.63, 3.8) is 0 Å². The molecule has 0 aliphatic heterocycles. The molecule has 108 valence electrons. The third kappa shape index (κ3) is 2.73. The maximum atomic E-state index is 11.7. The first-order chi connectivity index (χ1) is 9.34. The standard InChI is InChI=1S/C12H13ClN2O4S/c1-3-19-10-7-8(6-9(13)11(10)16)12-14-4-5-15(12)20(2,17)18/h4-7,16H,3H2,1-2H3. The van der Waals surface area contributed by atoms with E-state index in [4.69, 9.17) is 16.3 Å². The van der Waals surface area contributed by atoms with Gasteiger partial charge in [0.25, 0.3) is 0 Å². The number of rotatable bonds is 4. The van der Waals surface area contributed by atoms with Crippen LogP contribution in [0.2, 0.25) is 5.02 Å². The summed E-state index contributed by atoms with van der Waals surface area (Å²) in [4.78, 5) is 4.01. The highest BCUT2D eigenvalue weighted by Crippen LogP contribution is 2.38. The fourth-order valence-electron chi connectivity index (χ4n) is 1.73. The van der Waals surface area contributed by atoms with E-state index < -0.39 is 10.0 Å². The first kappa shape index (κ1) is 14.7. The van der Waals surface area contributed by atoms with Crippen molar-refractivity contribution in [2.45, 2.75) is 6.92 Å². The summed E-state index contributed by atoms with van der Waals surface area (Å²) < 4.78 is 29.6. The Bertz CT molecular complexity index is 740. The van der Waals surface area contributed by atoms with Gasteiger partial charge >= 0.3 is 0 Å². The molecular formula is C12H13ClN2O4S. The summed E-state index contributed by atoms with van der Waals surface area (Å²) >= 11 is 5.92. The fraction of sp³-hybridized carbons (Fsp3) is 0.250. The number of hydrogen-bond acceptors (Lipinski definition) is 5. The first-order valence-corrected chi connectivity index (χ1v) is 7.96. The molecule has 0 radical (unpaired) electrons. The molecule has 20 heavy (non-hydrogen) atoms. The second kappa shape index (κ2) is 5.34. The van der Waals surface area contributed by atoms with E-state index in [1.54, 1.807) is 6.92 Å². The minimum Gasteiger partial charge on any atom is -0.503 e. The number of aromatic nitrogens is 2. The average molecular weight is 317 g/mol. The summed E-state index contributed by atoms with van der Waals surface area (Å²) in [5.74, 6) is 0.197. The van der Waals surface area contributed by atoms with Crippen molar-refractivity contribution in [1.29, 1.82) is 0 Å². The molecule has 2 rings (SSSR count). The molecular weight excluding hydrogens is 304 g/mol. The summed E-state index contributed by atoms with van der Waals surface area (Å²) in [5.41, 5.74) is 0.437. The lowest BCUT2D eigenvalue weighted by atomic mass is 10.2. The number of nitrogens with zero attached hydrogens (tertiary/aromatic N) is 2. The van der Waals surface area contributed by atoms with Crippen molar-refractivity contribution >= 4 is 21.6 Å². The van der Waals surface area contributed by atoms with Gasteiger partial charge in [-0.2, -0.15) is 0 Å². The molecule has 1 N–H and O–H groups in total. The van der Waals surface area contributed by atoms with Gasteiger partial charge < -0.3 is 9.84 Å². The van der Waals surface area contributed by atoms with Crippen molar-refractivity contribution in [2.75, 3.05) is 12.9 Å². The van der Waals surface area contributed by atoms with E-state index in [1.165, 1.54) is 24.5 Å². The molecule has 0 aliphatic rings. The van der Waals surface area contributed by atoms with Gasteiger partial charge in [0.1, 0.15) is 0 Å². The van der Waals surface area contributed by atoms with Crippen molar-refractivity contribution in [3.8, 4) is 22.9 Å². The average Bonchev–Trinajstić information content (AvgIpc) is 2.84. The van der Waals surface area contributed by atoms with Crippen LogP contribution in [0, 0.1) is 0 Å². The monoisotopic (exact) mass is 316 g/mol. The van der Waals surface area contributed by atoms with Gasteiger partial charge in [0.15, 0.2) is 17.3 Å². The van der Waals surface area contributed by atoms with Crippen LogP contribution < -0.4 is 4.74 Å². The van der Waals surface area contributed by atoms with Crippen LogP contribution in [-0.2, 0) is 10.0 Å². The van der Waals surface area contributed by atoms with Gasteiger partial charge in [-0.05, 0) is 19.1 Å². The molecule has 2 aromatic rings. The number of benzene rings is 1. The summed E-state index contributed by atoms with van der Waals surface area (Å²) in [5, 5.41) is 9.84. The van der Waals surface area contributed by atoms with Crippen molar-refractivity contribution < 1.29 is 18.3 Å². The second-order valence-electron chi connectivity index (χ2n) is 4.05. The van der Waals surface area contributed by atoms with Crippen LogP contribution >= 0.6 is 11.6 Å². The van der Waals surface area contributed by atoms with E-state index >= 15 is 0 Å². The third-order valence-electron chi connectivity index (χ3n) is 2.55. The predicted octanol–water partition coefficient (Wildman–Crippen LogP) is 2.12. The van der Waals surface area contributed by atoms with Gasteiger partial charge in [-0.15, -0.1) is 0 Å². The van der Waals surface area contributed by atoms with Crippen molar-refractivity contribution in [2.24, 2.45) is 0 Å². The lowest BCUT2D eigenvalue weighted by Gasteiger charge is -2.11. The molecule has 1 heterocycles. The number of halogens is 1. The van der Waals surface area contributed by atoms with E-state index in [0.29, 0.717) is 12.2 Å². The molecule has 0 amide bonds. The molecule has 0 bridgehead atoms. The maximum absolute atomic E-state index is 11.7. The Hall–Kier alpha value is -1.73. The number of hydrogen-bond donors (Lipinski definition) is 1. The molecule has 0 spiro atoms. The molecule has 0 aliphatic carbocycles. The van der Waals surface area contributed by atoms with Crippen LogP contribution in [0.5, 0.6) is 11.5 Å². The molecule has 0 saturated heterocycles. The van der Waals surface area contributed by atoms with Crippen molar-refractivity contribution in [1.82, 2.24) is 8.96 Å². The highest BCUT2D eigenvalue weighted by molar-refractivity contribution is 7.89. The zero-order valence-corrected chi connectivity index (χ0v) is 12.4. The van der Waals surface area contributed by atoms with Gasteiger partial charge in [-0.25, -0.2) is 17.4 Å². The van der Waals surface area contributed by atoms with E-state index in [2.05, 4.69) is 4.98 Å². The maximum Gasteiger partial charge on any atom is 0.237 e. The number of phenols is 1. The topological polar surface area (TPSA) is 81.4 Å². The Kier molecular flexibility index (Phi) is 3.92. The predicted molar refractivity (Wildman–Crippen MR) is 75.7 cm³/mol. The first-order valence-electron chi connectivity index (χ1n) is 5.74. The van der Waals surface area contributed by atoms with Crippen LogP contribution in [0.1, 0.15) is 6.92 Å². The zero-order chi connectivity index (χ0) is 14.9. The number of aromatic hydroxyl groups is 1. The van der Waals surface area contributed by atoms with Crippen LogP contribution in [-0.4, -0.2) is 35.3 Å². The molecule has 0 unspecified atom stereocenters. The van der Waals surface area contributed by atoms with E-state index in [9.17, 15) is 13.5 Å². The summed E-state index contributed by atoms with van der Waals surface area (Å²) in [6.45, 7) is 2.10. The number of imidazole rings is 1. The minimum absolute atomic E-state index is 0.0639. The Morgan fingerprint density at radius 3 is 2.75 bits per heavy atom. The van der Waals surface area contributed by atoms with Crippen LogP contribution in [0.3, 0.4) is 0 Å². The van der Waals surface area contributed by atoms with Gasteiger partial charge in [-0.3, -0.25) is 0 Å². The van der Waals surface area contributed by atoms with E-state index in [0.717, 1.165) is 10.2 Å². The minimum atomic E-state index is -3.48. The summed E-state index contributed by atoms with van der Waals surface area (Å²) in [6, 6.07) is 2.93. The van der Waals surface area contributed by atoms with Crippen LogP contribution in [0.25, 0.3) is 11.4 Å². The van der Waals surface area contributed by atoms with Crippen molar-refractivity contribution in [3.05, 3.63) is 29.5 Å². The highest BCUT2D eigenvalue weighted by Gasteiger charge is 2.17. The molecule has 1 aromatic carbocycles. The molecule has 0 saturated carbocycles. The lowest BCUT2D eigenvalue weighted by molar-refractivity contribution is 0.318. The summed E-state index contributed by atoms with van der Waals surface area (Å²) in [6.07, 6.45) is 3.78. The Balaban J connectivity index is 2.63. The van der Waals surface area contributed by atoms with Gasteiger partial charge in [-0.1, -0.05) is 11.6 Å². The normalized spacial score (nSPS) is 11.6. The van der Waals surface area contributed by atoms with Gasteiger partial charge in [0.05, 0.1) is 17.9 Å². The van der Waals surface area contributed by atoms with Crippen LogP contribution in [0.15, 0.2) is 24.5 Å². The second-order valence-corrected chi connectivity index (χ2v) is 6.31. The zero-order valence-electron chi connectivity index (χ0n) is 10.9. The molecule has 1 aromatic heterocycles. The SMILES string of the molecule is CCOc1cc(-c2nccn2S(C)(=O)=O)cc(Cl)c1O. The third-order valence-corrected chi connectivity index (χ3v) is 3.85. The fourth-order valence-corrected chi connectivity index (χ4v) is 2.68. The summed E-state index contributed by atoms with van der Waals surface area (Å²) in [7, 11) is -3.48. The number of ether oxygens (including phenoxy) is 1. The largest absolute Gasteiger partial charge is 0.503 e. The number of phenolic OH excluding ortho intramolecular Hbond substituents is 1. The molecule has 0 fully saturated rings. The van der Waals surface area contributed by atoms with Gasteiger partial charge in [0, 0.05) is 18.0 Å². The Morgan fingerprint density at radius 2 is 2.15 bits per heavy atom. The lowest BCUT2D eigenvalue weighted by Crippen LogP contribution is -2.10. The van der Waals surface area contributed by atoms with E-state index in [-0.39, 0.29) is 22.3 Å². The molecule has 6 nitrogen and oxygen atoms in total. The highest BCUT2D eigenvalue weighted by atomic mass is 35.5. The Morgan fingerprint density at radius 1 is 1.45 bits per heavy atom. The smallest absolute Gasteiger partial charge is 0.237 e. The molecule has 8 heteroatoms. The van der Waals surface area contributed by atoms with E-state index in [1.807, 2.05) is 0 Å².